The molecule has 0 atom stereocenters. The van der Waals surface area contributed by atoms with E-state index in [2.05, 4.69) is 39.2 Å². The predicted octanol–water partition coefficient (Wildman–Crippen LogP) is 4.31. The van der Waals surface area contributed by atoms with Crippen LogP contribution in [0.25, 0.3) is 11.3 Å². The molecule has 3 aromatic rings. The van der Waals surface area contributed by atoms with E-state index in [1.807, 2.05) is 25.1 Å². The number of piperazine rings is 1. The number of nitrogens with zero attached hydrogens (tertiary/aromatic N) is 4. The summed E-state index contributed by atoms with van der Waals surface area (Å²) >= 11 is 12.5. The van der Waals surface area contributed by atoms with E-state index >= 15 is 0 Å². The van der Waals surface area contributed by atoms with Crippen LogP contribution in [0.5, 0.6) is 0 Å². The largest absolute Gasteiger partial charge is 0.369 e. The van der Waals surface area contributed by atoms with Crippen LogP contribution in [0.4, 0.5) is 5.69 Å². The maximum absolute atomic E-state index is 12.4. The summed E-state index contributed by atoms with van der Waals surface area (Å²) in [5.41, 5.74) is 3.42. The van der Waals surface area contributed by atoms with Gasteiger partial charge in [0.05, 0.1) is 12.4 Å². The first-order chi connectivity index (χ1) is 14.0. The Morgan fingerprint density at radius 2 is 1.59 bits per heavy atom. The van der Waals surface area contributed by atoms with Gasteiger partial charge in [0.1, 0.15) is 0 Å². The van der Waals surface area contributed by atoms with Gasteiger partial charge in [0.25, 0.3) is 5.56 Å². The highest BCUT2D eigenvalue weighted by Gasteiger charge is 2.18. The molecule has 0 bridgehead atoms. The molecule has 4 rings (SSSR count). The Kier molecular flexibility index (Phi) is 5.90. The summed E-state index contributed by atoms with van der Waals surface area (Å²) in [7, 11) is 0. The first kappa shape index (κ1) is 20.0. The van der Waals surface area contributed by atoms with Gasteiger partial charge in [-0.1, -0.05) is 41.4 Å². The average Bonchev–Trinajstić information content (AvgIpc) is 2.74. The Morgan fingerprint density at radius 3 is 2.24 bits per heavy atom. The molecule has 0 aliphatic carbocycles. The van der Waals surface area contributed by atoms with Gasteiger partial charge in [-0.25, -0.2) is 4.68 Å². The second-order valence-electron chi connectivity index (χ2n) is 7.20. The van der Waals surface area contributed by atoms with Crippen LogP contribution in [-0.2, 0) is 6.67 Å². The molecule has 1 fully saturated rings. The molecule has 2 heterocycles. The van der Waals surface area contributed by atoms with Crippen molar-refractivity contribution in [2.24, 2.45) is 0 Å². The molecule has 1 saturated heterocycles. The third kappa shape index (κ3) is 4.47. The smallest absolute Gasteiger partial charge is 0.268 e. The van der Waals surface area contributed by atoms with Crippen molar-refractivity contribution in [2.45, 2.75) is 13.6 Å². The Morgan fingerprint density at radius 1 is 0.931 bits per heavy atom. The van der Waals surface area contributed by atoms with Gasteiger partial charge in [-0.2, -0.15) is 5.10 Å². The molecule has 150 valence electrons. The van der Waals surface area contributed by atoms with Crippen molar-refractivity contribution in [1.82, 2.24) is 14.7 Å². The third-order valence-electron chi connectivity index (χ3n) is 5.27. The number of rotatable bonds is 4. The molecule has 7 heteroatoms. The average molecular weight is 429 g/mol. The highest BCUT2D eigenvalue weighted by atomic mass is 35.5. The SMILES string of the molecule is Cc1c(Cl)cc(-c2ccc(=O)n(CN3CCN(c4ccccc4)CC3)n2)cc1Cl. The molecule has 29 heavy (non-hydrogen) atoms. The molecule has 1 aromatic heterocycles. The Bertz CT molecular complexity index is 1040. The Hall–Kier alpha value is -2.34. The standard InChI is InChI=1S/C22H22Cl2N4O/c1-16-19(23)13-17(14-20(16)24)21-7-8-22(29)28(25-21)15-26-9-11-27(12-10-26)18-5-3-2-4-6-18/h2-8,13-14H,9-12,15H2,1H3. The van der Waals surface area contributed by atoms with Crippen LogP contribution >= 0.6 is 23.2 Å². The van der Waals surface area contributed by atoms with Gasteiger partial charge >= 0.3 is 0 Å². The van der Waals surface area contributed by atoms with Crippen LogP contribution in [0, 0.1) is 6.92 Å². The molecule has 0 amide bonds. The third-order valence-corrected chi connectivity index (χ3v) is 6.06. The summed E-state index contributed by atoms with van der Waals surface area (Å²) in [6.07, 6.45) is 0. The van der Waals surface area contributed by atoms with Crippen LogP contribution < -0.4 is 10.5 Å². The van der Waals surface area contributed by atoms with Crippen LogP contribution in [-0.4, -0.2) is 40.9 Å². The van der Waals surface area contributed by atoms with Crippen LogP contribution in [0.15, 0.2) is 59.4 Å². The summed E-state index contributed by atoms with van der Waals surface area (Å²) in [5, 5.41) is 5.73. The van der Waals surface area contributed by atoms with Gasteiger partial charge in [-0.3, -0.25) is 9.69 Å². The molecule has 0 N–H and O–H groups in total. The predicted molar refractivity (Wildman–Crippen MR) is 119 cm³/mol. The lowest BCUT2D eigenvalue weighted by molar-refractivity contribution is 0.192. The summed E-state index contributed by atoms with van der Waals surface area (Å²) in [6.45, 7) is 5.91. The number of hydrogen-bond donors (Lipinski definition) is 0. The first-order valence-corrected chi connectivity index (χ1v) is 10.3. The van der Waals surface area contributed by atoms with Crippen molar-refractivity contribution in [3.63, 3.8) is 0 Å². The molecule has 2 aromatic carbocycles. The molecule has 5 nitrogen and oxygen atoms in total. The minimum absolute atomic E-state index is 0.122. The maximum Gasteiger partial charge on any atom is 0.268 e. The molecular weight excluding hydrogens is 407 g/mol. The van der Waals surface area contributed by atoms with E-state index in [0.29, 0.717) is 22.4 Å². The van der Waals surface area contributed by atoms with Gasteiger partial charge in [-0.05, 0) is 42.8 Å². The fourth-order valence-corrected chi connectivity index (χ4v) is 3.96. The molecule has 0 radical (unpaired) electrons. The monoisotopic (exact) mass is 428 g/mol. The maximum atomic E-state index is 12.4. The molecule has 0 spiro atoms. The van der Waals surface area contributed by atoms with E-state index in [4.69, 9.17) is 23.2 Å². The normalized spacial score (nSPS) is 14.9. The summed E-state index contributed by atoms with van der Waals surface area (Å²) in [4.78, 5) is 17.0. The van der Waals surface area contributed by atoms with Crippen molar-refractivity contribution in [2.75, 3.05) is 31.1 Å². The van der Waals surface area contributed by atoms with Gasteiger partial charge in [0, 0.05) is 53.5 Å². The molecule has 1 aliphatic rings. The number of benzene rings is 2. The van der Waals surface area contributed by atoms with Gasteiger partial charge in [0.2, 0.25) is 0 Å². The van der Waals surface area contributed by atoms with E-state index in [1.165, 1.54) is 10.4 Å². The molecule has 1 aliphatic heterocycles. The molecule has 0 unspecified atom stereocenters. The Balaban J connectivity index is 1.49. The minimum atomic E-state index is -0.122. The fraction of sp³-hybridized carbons (Fsp3) is 0.273. The van der Waals surface area contributed by atoms with Crippen LogP contribution in [0.2, 0.25) is 10.0 Å². The van der Waals surface area contributed by atoms with Crippen molar-refractivity contribution in [3.05, 3.63) is 80.6 Å². The highest BCUT2D eigenvalue weighted by molar-refractivity contribution is 6.36. The number of para-hydroxylation sites is 1. The van der Waals surface area contributed by atoms with E-state index < -0.39 is 0 Å². The summed E-state index contributed by atoms with van der Waals surface area (Å²) < 4.78 is 1.51. The van der Waals surface area contributed by atoms with Crippen molar-refractivity contribution < 1.29 is 0 Å². The van der Waals surface area contributed by atoms with Crippen molar-refractivity contribution in [1.29, 1.82) is 0 Å². The Labute approximate surface area is 180 Å². The minimum Gasteiger partial charge on any atom is -0.369 e. The lowest BCUT2D eigenvalue weighted by Crippen LogP contribution is -2.48. The van der Waals surface area contributed by atoms with Crippen LogP contribution in [0.1, 0.15) is 5.56 Å². The summed E-state index contributed by atoms with van der Waals surface area (Å²) in [6, 6.07) is 17.3. The van der Waals surface area contributed by atoms with E-state index in [0.717, 1.165) is 37.3 Å². The zero-order chi connectivity index (χ0) is 20.4. The fourth-order valence-electron chi connectivity index (χ4n) is 3.47. The number of hydrogen-bond acceptors (Lipinski definition) is 4. The second kappa shape index (κ2) is 8.57. The quantitative estimate of drug-likeness (QED) is 0.620. The zero-order valence-electron chi connectivity index (χ0n) is 16.2. The number of aromatic nitrogens is 2. The second-order valence-corrected chi connectivity index (χ2v) is 8.02. The lowest BCUT2D eigenvalue weighted by atomic mass is 10.1. The topological polar surface area (TPSA) is 41.4 Å². The first-order valence-electron chi connectivity index (χ1n) is 9.58. The number of halogens is 2. The van der Waals surface area contributed by atoms with E-state index in [1.54, 1.807) is 12.1 Å². The zero-order valence-corrected chi connectivity index (χ0v) is 17.7. The van der Waals surface area contributed by atoms with Gasteiger partial charge < -0.3 is 4.90 Å². The highest BCUT2D eigenvalue weighted by Crippen LogP contribution is 2.30. The van der Waals surface area contributed by atoms with Gasteiger partial charge in [0.15, 0.2) is 0 Å². The van der Waals surface area contributed by atoms with Gasteiger partial charge in [-0.15, -0.1) is 0 Å². The van der Waals surface area contributed by atoms with Crippen molar-refractivity contribution >= 4 is 28.9 Å². The lowest BCUT2D eigenvalue weighted by Gasteiger charge is -2.36. The van der Waals surface area contributed by atoms with Crippen molar-refractivity contribution in [3.8, 4) is 11.3 Å². The number of anilines is 1. The summed E-state index contributed by atoms with van der Waals surface area (Å²) in [5.74, 6) is 0. The van der Waals surface area contributed by atoms with E-state index in [9.17, 15) is 4.79 Å². The van der Waals surface area contributed by atoms with E-state index in [-0.39, 0.29) is 5.56 Å². The molecule has 0 saturated carbocycles. The van der Waals surface area contributed by atoms with Crippen LogP contribution in [0.3, 0.4) is 0 Å². The molecular formula is C22H22Cl2N4O.